The van der Waals surface area contributed by atoms with Gasteiger partial charge >= 0.3 is 0 Å². The van der Waals surface area contributed by atoms with E-state index in [2.05, 4.69) is 15.0 Å². The highest BCUT2D eigenvalue weighted by Gasteiger charge is 2.09. The predicted octanol–water partition coefficient (Wildman–Crippen LogP) is 2.16. The smallest absolute Gasteiger partial charge is 0.135 e. The first kappa shape index (κ1) is 9.30. The molecule has 0 saturated heterocycles. The van der Waals surface area contributed by atoms with Crippen molar-refractivity contribution >= 4 is 21.9 Å². The zero-order valence-corrected chi connectivity index (χ0v) is 8.81. The van der Waals surface area contributed by atoms with Crippen LogP contribution in [0.5, 0.6) is 0 Å². The Hall–Kier alpha value is -1.94. The van der Waals surface area contributed by atoms with Crippen LogP contribution in [0.3, 0.4) is 0 Å². The molecule has 1 atom stereocenters. The van der Waals surface area contributed by atoms with Gasteiger partial charge in [-0.05, 0) is 31.2 Å². The van der Waals surface area contributed by atoms with E-state index in [0.29, 0.717) is 5.82 Å². The van der Waals surface area contributed by atoms with Crippen LogP contribution in [0.15, 0.2) is 30.5 Å². The summed E-state index contributed by atoms with van der Waals surface area (Å²) in [5.74, 6) is 0.589. The Morgan fingerprint density at radius 3 is 2.88 bits per heavy atom. The minimum Gasteiger partial charge on any atom is -0.385 e. The Bertz CT molecular complexity index is 657. The molecule has 0 saturated carbocycles. The lowest BCUT2D eigenvalue weighted by Gasteiger charge is -1.97. The van der Waals surface area contributed by atoms with Gasteiger partial charge in [0.15, 0.2) is 0 Å². The third-order valence-electron chi connectivity index (χ3n) is 2.65. The maximum atomic E-state index is 9.49. The molecule has 2 N–H and O–H groups in total. The molecule has 0 aliphatic heterocycles. The number of nitrogens with one attached hydrogen (secondary N) is 1. The van der Waals surface area contributed by atoms with Gasteiger partial charge in [0.1, 0.15) is 11.9 Å². The molecule has 80 valence electrons. The van der Waals surface area contributed by atoms with Gasteiger partial charge in [-0.25, -0.2) is 4.98 Å². The number of fused-ring (bicyclic) bond motifs is 3. The first-order valence-corrected chi connectivity index (χ1v) is 5.17. The molecule has 16 heavy (non-hydrogen) atoms. The fourth-order valence-corrected chi connectivity index (χ4v) is 1.85. The van der Waals surface area contributed by atoms with E-state index < -0.39 is 6.10 Å². The van der Waals surface area contributed by atoms with E-state index in [-0.39, 0.29) is 0 Å². The summed E-state index contributed by atoms with van der Waals surface area (Å²) >= 11 is 0. The minimum absolute atomic E-state index is 0.584. The third-order valence-corrected chi connectivity index (χ3v) is 2.65. The van der Waals surface area contributed by atoms with Gasteiger partial charge in [-0.3, -0.25) is 4.98 Å². The average Bonchev–Trinajstić information content (AvgIpc) is 2.73. The molecule has 1 aromatic carbocycles. The Morgan fingerprint density at radius 2 is 2.06 bits per heavy atom. The van der Waals surface area contributed by atoms with Gasteiger partial charge in [0.25, 0.3) is 0 Å². The van der Waals surface area contributed by atoms with Crippen molar-refractivity contribution in [1.82, 2.24) is 15.0 Å². The molecule has 0 spiro atoms. The summed E-state index contributed by atoms with van der Waals surface area (Å²) in [7, 11) is 0. The van der Waals surface area contributed by atoms with Crippen LogP contribution >= 0.6 is 0 Å². The Kier molecular flexibility index (Phi) is 1.91. The number of pyridine rings is 1. The molecule has 0 radical (unpaired) electrons. The molecule has 0 aliphatic carbocycles. The number of imidazole rings is 1. The molecule has 3 rings (SSSR count). The van der Waals surface area contributed by atoms with Gasteiger partial charge < -0.3 is 10.1 Å². The maximum Gasteiger partial charge on any atom is 0.135 e. The number of aliphatic hydroxyl groups excluding tert-OH is 1. The highest BCUT2D eigenvalue weighted by atomic mass is 16.3. The molecule has 2 heterocycles. The normalized spacial score (nSPS) is 13.4. The highest BCUT2D eigenvalue weighted by Crippen LogP contribution is 2.23. The van der Waals surface area contributed by atoms with E-state index in [1.165, 1.54) is 0 Å². The Morgan fingerprint density at radius 1 is 1.25 bits per heavy atom. The van der Waals surface area contributed by atoms with Crippen molar-refractivity contribution in [1.29, 1.82) is 0 Å². The van der Waals surface area contributed by atoms with Gasteiger partial charge in [0.05, 0.1) is 16.6 Å². The first-order valence-electron chi connectivity index (χ1n) is 5.17. The van der Waals surface area contributed by atoms with Crippen molar-refractivity contribution in [3.8, 4) is 0 Å². The van der Waals surface area contributed by atoms with Crippen molar-refractivity contribution in [2.75, 3.05) is 0 Å². The van der Waals surface area contributed by atoms with E-state index in [1.54, 1.807) is 13.1 Å². The fraction of sp³-hybridized carbons (Fsp3) is 0.167. The molecule has 0 fully saturated rings. The zero-order chi connectivity index (χ0) is 11.1. The van der Waals surface area contributed by atoms with E-state index in [9.17, 15) is 5.11 Å². The summed E-state index contributed by atoms with van der Waals surface area (Å²) in [6.45, 7) is 1.69. The van der Waals surface area contributed by atoms with Crippen LogP contribution in [0.25, 0.3) is 21.9 Å². The van der Waals surface area contributed by atoms with E-state index in [0.717, 1.165) is 21.9 Å². The molecule has 0 aliphatic rings. The molecule has 0 unspecified atom stereocenters. The Balaban J connectivity index is 2.41. The number of H-pyrrole nitrogens is 1. The summed E-state index contributed by atoms with van der Waals surface area (Å²) in [4.78, 5) is 11.7. The van der Waals surface area contributed by atoms with Gasteiger partial charge in [-0.2, -0.15) is 0 Å². The van der Waals surface area contributed by atoms with Crippen molar-refractivity contribution in [2.24, 2.45) is 0 Å². The lowest BCUT2D eigenvalue weighted by atomic mass is 10.2. The highest BCUT2D eigenvalue weighted by molar-refractivity contribution is 6.02. The van der Waals surface area contributed by atoms with Crippen LogP contribution < -0.4 is 0 Å². The van der Waals surface area contributed by atoms with Crippen LogP contribution in [0.1, 0.15) is 18.9 Å². The Labute approximate surface area is 92.0 Å². The van der Waals surface area contributed by atoms with E-state index in [4.69, 9.17) is 0 Å². The van der Waals surface area contributed by atoms with Crippen LogP contribution in [-0.4, -0.2) is 20.1 Å². The fourth-order valence-electron chi connectivity index (χ4n) is 1.85. The number of aromatic amines is 1. The second-order valence-corrected chi connectivity index (χ2v) is 3.83. The van der Waals surface area contributed by atoms with Gasteiger partial charge in [-0.1, -0.05) is 0 Å². The van der Waals surface area contributed by atoms with Gasteiger partial charge in [0.2, 0.25) is 0 Å². The number of aliphatic hydroxyl groups is 1. The zero-order valence-electron chi connectivity index (χ0n) is 8.81. The molecule has 3 aromatic rings. The lowest BCUT2D eigenvalue weighted by Crippen LogP contribution is -1.92. The molecule has 0 amide bonds. The maximum absolute atomic E-state index is 9.49. The summed E-state index contributed by atoms with van der Waals surface area (Å²) < 4.78 is 0. The van der Waals surface area contributed by atoms with E-state index in [1.807, 2.05) is 24.3 Å². The molecule has 4 nitrogen and oxygen atoms in total. The number of hydrogen-bond acceptors (Lipinski definition) is 3. The van der Waals surface area contributed by atoms with Crippen molar-refractivity contribution in [3.05, 3.63) is 36.3 Å². The topological polar surface area (TPSA) is 61.8 Å². The summed E-state index contributed by atoms with van der Waals surface area (Å²) in [5, 5.41) is 10.5. The second kappa shape index (κ2) is 3.28. The predicted molar refractivity (Wildman–Crippen MR) is 62.0 cm³/mol. The number of hydrogen-bond donors (Lipinski definition) is 2. The standard InChI is InChI=1S/C12H11N3O/c1-7(16)12-14-10-5-4-9-8(11(10)15-12)3-2-6-13-9/h2-7,16H,1H3,(H,14,15)/t7-/m0/s1. The largest absolute Gasteiger partial charge is 0.385 e. The number of rotatable bonds is 1. The number of benzene rings is 1. The van der Waals surface area contributed by atoms with Crippen LogP contribution in [0, 0.1) is 0 Å². The molecule has 0 bridgehead atoms. The second-order valence-electron chi connectivity index (χ2n) is 3.83. The van der Waals surface area contributed by atoms with Crippen LogP contribution in [0.2, 0.25) is 0 Å². The molecular formula is C12H11N3O. The first-order chi connectivity index (χ1) is 7.75. The molecule has 4 heteroatoms. The van der Waals surface area contributed by atoms with Crippen molar-refractivity contribution in [2.45, 2.75) is 13.0 Å². The quantitative estimate of drug-likeness (QED) is 0.651. The monoisotopic (exact) mass is 213 g/mol. The van der Waals surface area contributed by atoms with Crippen LogP contribution in [-0.2, 0) is 0 Å². The molecule has 2 aromatic heterocycles. The summed E-state index contributed by atoms with van der Waals surface area (Å²) in [5.41, 5.74) is 2.72. The SMILES string of the molecule is C[C@H](O)c1nc2ccc3ncccc3c2[nH]1. The summed E-state index contributed by atoms with van der Waals surface area (Å²) in [6.07, 6.45) is 1.18. The van der Waals surface area contributed by atoms with E-state index >= 15 is 0 Å². The van der Waals surface area contributed by atoms with Gasteiger partial charge in [0, 0.05) is 11.6 Å². The number of nitrogens with zero attached hydrogens (tertiary/aromatic N) is 2. The molecular weight excluding hydrogens is 202 g/mol. The minimum atomic E-state index is -0.584. The lowest BCUT2D eigenvalue weighted by molar-refractivity contribution is 0.190. The van der Waals surface area contributed by atoms with Gasteiger partial charge in [-0.15, -0.1) is 0 Å². The third kappa shape index (κ3) is 1.27. The van der Waals surface area contributed by atoms with Crippen molar-refractivity contribution in [3.63, 3.8) is 0 Å². The number of aromatic nitrogens is 3. The average molecular weight is 213 g/mol. The van der Waals surface area contributed by atoms with Crippen LogP contribution in [0.4, 0.5) is 0 Å². The van der Waals surface area contributed by atoms with Crippen molar-refractivity contribution < 1.29 is 5.11 Å². The summed E-state index contributed by atoms with van der Waals surface area (Å²) in [6, 6.07) is 7.73.